The van der Waals surface area contributed by atoms with Crippen LogP contribution in [-0.2, 0) is 13.0 Å². The molecule has 0 aliphatic carbocycles. The average Bonchev–Trinajstić information content (AvgIpc) is 2.98. The van der Waals surface area contributed by atoms with Crippen molar-refractivity contribution in [1.29, 1.82) is 0 Å². The molecule has 3 rings (SSSR count). The van der Waals surface area contributed by atoms with Gasteiger partial charge in [0.05, 0.1) is 13.2 Å². The van der Waals surface area contributed by atoms with E-state index < -0.39 is 17.9 Å². The first-order valence-electron chi connectivity index (χ1n) is 14.3. The Morgan fingerprint density at radius 3 is 2.38 bits per heavy atom. The topological polar surface area (TPSA) is 145 Å². The number of aliphatic hydroxyl groups excluding tert-OH is 2. The predicted molar refractivity (Wildman–Crippen MR) is 163 cm³/mol. The number of hydrogen-bond acceptors (Lipinski definition) is 7. The number of nitrogens with zero attached hydrogens (tertiary/aromatic N) is 1. The maximum atomic E-state index is 14.0. The lowest BCUT2D eigenvalue weighted by Gasteiger charge is -2.30. The third-order valence-electron chi connectivity index (χ3n) is 7.23. The molecule has 3 aromatic rings. The van der Waals surface area contributed by atoms with Crippen LogP contribution in [0.5, 0.6) is 11.5 Å². The maximum absolute atomic E-state index is 14.0. The zero-order valence-corrected chi connectivity index (χ0v) is 24.7. The van der Waals surface area contributed by atoms with Crippen LogP contribution < -0.4 is 15.8 Å². The number of hydrogen-bond donors (Lipinski definition) is 5. The SMILES string of the molecule is CCCN(CCCO)C(=O)c1cc(C)cc(C(N)=O)c1[C@H](Cc1ccc(O)cc1)[C@@H](O)CNCc1cccc(OC)c1. The highest BCUT2D eigenvalue weighted by molar-refractivity contribution is 6.02. The van der Waals surface area contributed by atoms with E-state index in [2.05, 4.69) is 5.32 Å². The molecule has 0 aliphatic rings. The van der Waals surface area contributed by atoms with E-state index in [9.17, 15) is 24.9 Å². The summed E-state index contributed by atoms with van der Waals surface area (Å²) in [5.74, 6) is -0.812. The number of aliphatic hydroxyl groups is 2. The summed E-state index contributed by atoms with van der Waals surface area (Å²) in [6.07, 6.45) is 0.419. The average molecular weight is 578 g/mol. The smallest absolute Gasteiger partial charge is 0.254 e. The standard InChI is InChI=1S/C33H43N3O6/c1-4-13-36(14-6-15-37)33(41)29-17-22(2)16-28(32(34)40)31(29)27(19-23-9-11-25(38)12-10-23)30(39)21-35-20-24-7-5-8-26(18-24)42-3/h5,7-12,16-18,27,30,35,37-39H,4,6,13-15,19-21H2,1-3H3,(H2,34,40)/t27-,30+/m1/s1. The second-order valence-electron chi connectivity index (χ2n) is 10.5. The molecule has 0 radical (unpaired) electrons. The molecule has 2 amide bonds. The second kappa shape index (κ2) is 15.9. The molecule has 2 atom stereocenters. The highest BCUT2D eigenvalue weighted by Gasteiger charge is 2.32. The molecule has 9 heteroatoms. The van der Waals surface area contributed by atoms with Gasteiger partial charge >= 0.3 is 0 Å². The van der Waals surface area contributed by atoms with Crippen LogP contribution >= 0.6 is 0 Å². The lowest BCUT2D eigenvalue weighted by molar-refractivity contribution is 0.0740. The number of aromatic hydroxyl groups is 1. The van der Waals surface area contributed by atoms with Crippen molar-refractivity contribution in [3.8, 4) is 11.5 Å². The third kappa shape index (κ3) is 8.79. The molecule has 6 N–H and O–H groups in total. The van der Waals surface area contributed by atoms with Crippen LogP contribution in [0.15, 0.2) is 60.7 Å². The Bertz CT molecular complexity index is 1330. The number of nitrogens with one attached hydrogen (secondary N) is 1. The number of amides is 2. The number of carbonyl (C=O) groups excluding carboxylic acids is 2. The minimum Gasteiger partial charge on any atom is -0.508 e. The lowest BCUT2D eigenvalue weighted by atomic mass is 9.80. The van der Waals surface area contributed by atoms with Gasteiger partial charge in [0.25, 0.3) is 5.91 Å². The zero-order valence-electron chi connectivity index (χ0n) is 24.7. The van der Waals surface area contributed by atoms with Crippen molar-refractivity contribution < 1.29 is 29.6 Å². The first-order valence-corrected chi connectivity index (χ1v) is 14.3. The molecule has 0 aromatic heterocycles. The molecule has 0 bridgehead atoms. The van der Waals surface area contributed by atoms with E-state index in [1.807, 2.05) is 31.2 Å². The Morgan fingerprint density at radius 1 is 1.02 bits per heavy atom. The molecule has 42 heavy (non-hydrogen) atoms. The minimum atomic E-state index is -1.01. The van der Waals surface area contributed by atoms with Gasteiger partial charge in [0.1, 0.15) is 11.5 Å². The fourth-order valence-corrected chi connectivity index (χ4v) is 5.20. The van der Waals surface area contributed by atoms with E-state index in [0.717, 1.165) is 23.3 Å². The number of phenols is 1. The molecule has 226 valence electrons. The van der Waals surface area contributed by atoms with Crippen molar-refractivity contribution in [1.82, 2.24) is 10.2 Å². The molecular formula is C33H43N3O6. The largest absolute Gasteiger partial charge is 0.508 e. The molecule has 0 fully saturated rings. The monoisotopic (exact) mass is 577 g/mol. The Morgan fingerprint density at radius 2 is 1.74 bits per heavy atom. The van der Waals surface area contributed by atoms with Gasteiger partial charge in [-0.25, -0.2) is 0 Å². The van der Waals surface area contributed by atoms with Crippen molar-refractivity contribution in [2.75, 3.05) is 33.4 Å². The molecule has 0 spiro atoms. The number of nitrogens with two attached hydrogens (primary N) is 1. The molecule has 0 heterocycles. The molecular weight excluding hydrogens is 534 g/mol. The van der Waals surface area contributed by atoms with Crippen molar-refractivity contribution in [3.05, 3.63) is 94.0 Å². The predicted octanol–water partition coefficient (Wildman–Crippen LogP) is 3.52. The second-order valence-corrected chi connectivity index (χ2v) is 10.5. The number of aryl methyl sites for hydroxylation is 1. The normalized spacial score (nSPS) is 12.5. The highest BCUT2D eigenvalue weighted by atomic mass is 16.5. The summed E-state index contributed by atoms with van der Waals surface area (Å²) in [7, 11) is 1.60. The van der Waals surface area contributed by atoms with E-state index >= 15 is 0 Å². The summed E-state index contributed by atoms with van der Waals surface area (Å²) in [5.41, 5.74) is 9.26. The van der Waals surface area contributed by atoms with E-state index in [1.54, 1.807) is 55.3 Å². The number of methoxy groups -OCH3 is 1. The number of rotatable bonds is 16. The molecule has 0 unspecified atom stereocenters. The third-order valence-corrected chi connectivity index (χ3v) is 7.23. The highest BCUT2D eigenvalue weighted by Crippen LogP contribution is 2.33. The quantitative estimate of drug-likeness (QED) is 0.175. The van der Waals surface area contributed by atoms with Gasteiger partial charge in [-0.1, -0.05) is 31.2 Å². The Balaban J connectivity index is 2.06. The Hall–Kier alpha value is -3.92. The number of primary amides is 1. The zero-order chi connectivity index (χ0) is 30.6. The van der Waals surface area contributed by atoms with E-state index in [1.165, 1.54) is 0 Å². The van der Waals surface area contributed by atoms with Crippen molar-refractivity contribution in [3.63, 3.8) is 0 Å². The minimum absolute atomic E-state index is 0.0537. The molecule has 0 saturated heterocycles. The lowest BCUT2D eigenvalue weighted by Crippen LogP contribution is -2.38. The Kier molecular flexibility index (Phi) is 12.3. The fraction of sp³-hybridized carbons (Fsp3) is 0.394. The van der Waals surface area contributed by atoms with Crippen LogP contribution in [0.4, 0.5) is 0 Å². The number of ether oxygens (including phenoxy) is 1. The molecule has 0 saturated carbocycles. The van der Waals surface area contributed by atoms with Gasteiger partial charge in [0.2, 0.25) is 5.91 Å². The van der Waals surface area contributed by atoms with Crippen molar-refractivity contribution in [2.24, 2.45) is 5.73 Å². The van der Waals surface area contributed by atoms with Gasteiger partial charge in [0.15, 0.2) is 0 Å². The van der Waals surface area contributed by atoms with Crippen LogP contribution in [0.1, 0.15) is 68.7 Å². The fourth-order valence-electron chi connectivity index (χ4n) is 5.20. The van der Waals surface area contributed by atoms with Crippen molar-refractivity contribution in [2.45, 2.75) is 51.7 Å². The summed E-state index contributed by atoms with van der Waals surface area (Å²) in [6, 6.07) is 17.6. The summed E-state index contributed by atoms with van der Waals surface area (Å²) in [5, 5.41) is 34.2. The van der Waals surface area contributed by atoms with Gasteiger partial charge in [-0.3, -0.25) is 9.59 Å². The van der Waals surface area contributed by atoms with E-state index in [-0.39, 0.29) is 36.8 Å². The first-order chi connectivity index (χ1) is 20.2. The van der Waals surface area contributed by atoms with Gasteiger partial charge in [0, 0.05) is 49.8 Å². The van der Waals surface area contributed by atoms with Gasteiger partial charge < -0.3 is 36.0 Å². The molecule has 0 aliphatic heterocycles. The summed E-state index contributed by atoms with van der Waals surface area (Å²) in [6.45, 7) is 5.18. The summed E-state index contributed by atoms with van der Waals surface area (Å²) >= 11 is 0. The van der Waals surface area contributed by atoms with Crippen LogP contribution in [0.25, 0.3) is 0 Å². The summed E-state index contributed by atoms with van der Waals surface area (Å²) < 4.78 is 5.31. The van der Waals surface area contributed by atoms with Gasteiger partial charge in [-0.15, -0.1) is 0 Å². The van der Waals surface area contributed by atoms with Gasteiger partial charge in [-0.2, -0.15) is 0 Å². The van der Waals surface area contributed by atoms with Crippen LogP contribution in [-0.4, -0.2) is 71.5 Å². The maximum Gasteiger partial charge on any atom is 0.254 e. The first kappa shape index (κ1) is 32.6. The number of carbonyl (C=O) groups is 2. The molecule has 3 aromatic carbocycles. The van der Waals surface area contributed by atoms with Gasteiger partial charge in [-0.05, 0) is 84.8 Å². The van der Waals surface area contributed by atoms with Crippen LogP contribution in [0, 0.1) is 6.92 Å². The van der Waals surface area contributed by atoms with Crippen molar-refractivity contribution >= 4 is 11.8 Å². The van der Waals surface area contributed by atoms with Crippen LogP contribution in [0.2, 0.25) is 0 Å². The number of benzene rings is 3. The summed E-state index contributed by atoms with van der Waals surface area (Å²) in [4.78, 5) is 28.5. The molecule has 9 nitrogen and oxygen atoms in total. The van der Waals surface area contributed by atoms with E-state index in [4.69, 9.17) is 10.5 Å². The number of phenolic OH excluding ortho intramolecular Hbond substituents is 1. The van der Waals surface area contributed by atoms with Crippen LogP contribution in [0.3, 0.4) is 0 Å². The van der Waals surface area contributed by atoms with E-state index in [0.29, 0.717) is 42.7 Å². The Labute approximate surface area is 247 Å².